The third kappa shape index (κ3) is 5.46. The van der Waals surface area contributed by atoms with Crippen molar-refractivity contribution in [3.8, 4) is 0 Å². The summed E-state index contributed by atoms with van der Waals surface area (Å²) in [6.45, 7) is 4.16. The first-order valence-electron chi connectivity index (χ1n) is 4.03. The van der Waals surface area contributed by atoms with Gasteiger partial charge in [0.05, 0.1) is 0 Å². The first-order valence-corrected chi connectivity index (χ1v) is 4.03. The lowest BCUT2D eigenvalue weighted by Gasteiger charge is -1.94. The summed E-state index contributed by atoms with van der Waals surface area (Å²) < 4.78 is 0. The van der Waals surface area contributed by atoms with Gasteiger partial charge in [-0.2, -0.15) is 0 Å². The van der Waals surface area contributed by atoms with Crippen LogP contribution in [-0.2, 0) is 0 Å². The summed E-state index contributed by atoms with van der Waals surface area (Å²) >= 11 is 0. The molecule has 62 valence electrons. The van der Waals surface area contributed by atoms with Gasteiger partial charge < -0.3 is 5.73 Å². The SMILES string of the molecule is C/C=C\C(=CCC)C/C=C/N. The number of hydrogen-bond donors (Lipinski definition) is 1. The van der Waals surface area contributed by atoms with Crippen LogP contribution >= 0.6 is 0 Å². The van der Waals surface area contributed by atoms with Crippen LogP contribution in [0.1, 0.15) is 26.7 Å². The highest BCUT2D eigenvalue weighted by molar-refractivity contribution is 5.20. The summed E-state index contributed by atoms with van der Waals surface area (Å²) in [6.07, 6.45) is 11.9. The zero-order valence-corrected chi connectivity index (χ0v) is 7.38. The Morgan fingerprint density at radius 3 is 2.64 bits per heavy atom. The zero-order valence-electron chi connectivity index (χ0n) is 7.38. The number of allylic oxidation sites excluding steroid dienone is 5. The van der Waals surface area contributed by atoms with Crippen molar-refractivity contribution in [3.63, 3.8) is 0 Å². The van der Waals surface area contributed by atoms with Crippen LogP contribution in [-0.4, -0.2) is 0 Å². The predicted octanol–water partition coefficient (Wildman–Crippen LogP) is 2.76. The van der Waals surface area contributed by atoms with Gasteiger partial charge in [0.1, 0.15) is 0 Å². The van der Waals surface area contributed by atoms with Gasteiger partial charge in [0, 0.05) is 0 Å². The Balaban J connectivity index is 4.00. The van der Waals surface area contributed by atoms with Gasteiger partial charge in [0.25, 0.3) is 0 Å². The molecule has 0 atom stereocenters. The molecule has 0 aromatic heterocycles. The summed E-state index contributed by atoms with van der Waals surface area (Å²) in [5.74, 6) is 0. The first kappa shape index (κ1) is 10.0. The molecule has 0 unspecified atom stereocenters. The van der Waals surface area contributed by atoms with E-state index in [2.05, 4.69) is 19.1 Å². The van der Waals surface area contributed by atoms with Crippen LogP contribution in [0.2, 0.25) is 0 Å². The molecule has 1 nitrogen and oxygen atoms in total. The highest BCUT2D eigenvalue weighted by atomic mass is 14.5. The van der Waals surface area contributed by atoms with E-state index in [-0.39, 0.29) is 0 Å². The second-order valence-electron chi connectivity index (χ2n) is 2.32. The molecule has 0 saturated heterocycles. The van der Waals surface area contributed by atoms with Crippen LogP contribution in [0.4, 0.5) is 0 Å². The number of hydrogen-bond acceptors (Lipinski definition) is 1. The van der Waals surface area contributed by atoms with Crippen LogP contribution in [0.25, 0.3) is 0 Å². The van der Waals surface area contributed by atoms with Crippen molar-refractivity contribution in [2.24, 2.45) is 5.73 Å². The van der Waals surface area contributed by atoms with Gasteiger partial charge in [-0.1, -0.05) is 31.2 Å². The molecular weight excluding hydrogens is 134 g/mol. The third-order valence-electron chi connectivity index (χ3n) is 1.34. The van der Waals surface area contributed by atoms with E-state index in [1.807, 2.05) is 19.1 Å². The smallest absolute Gasteiger partial charge is 0.00836 e. The minimum atomic E-state index is 0.939. The highest BCUT2D eigenvalue weighted by Crippen LogP contribution is 2.05. The van der Waals surface area contributed by atoms with Crippen molar-refractivity contribution in [1.29, 1.82) is 0 Å². The molecule has 0 spiro atoms. The molecule has 2 N–H and O–H groups in total. The van der Waals surface area contributed by atoms with E-state index in [0.717, 1.165) is 12.8 Å². The Morgan fingerprint density at radius 2 is 2.18 bits per heavy atom. The molecule has 0 radical (unpaired) electrons. The standard InChI is InChI=1S/C10H17N/c1-3-6-10(7-4-2)8-5-9-11/h3,5-7,9H,4,8,11H2,1-2H3/b6-3-,9-5+,10-7?. The van der Waals surface area contributed by atoms with E-state index in [9.17, 15) is 0 Å². The number of nitrogens with two attached hydrogens (primary N) is 1. The summed E-state index contributed by atoms with van der Waals surface area (Å²) in [7, 11) is 0. The normalized spacial score (nSPS) is 13.5. The lowest BCUT2D eigenvalue weighted by molar-refractivity contribution is 1.15. The van der Waals surface area contributed by atoms with Gasteiger partial charge in [-0.25, -0.2) is 0 Å². The maximum Gasteiger partial charge on any atom is -0.00836 e. The van der Waals surface area contributed by atoms with Crippen LogP contribution in [0, 0.1) is 0 Å². The van der Waals surface area contributed by atoms with Crippen molar-refractivity contribution in [3.05, 3.63) is 36.1 Å². The van der Waals surface area contributed by atoms with E-state index in [1.54, 1.807) is 6.20 Å². The Hall–Kier alpha value is -0.980. The first-order chi connectivity index (χ1) is 5.35. The van der Waals surface area contributed by atoms with E-state index in [1.165, 1.54) is 5.57 Å². The molecule has 0 aliphatic rings. The molecule has 0 heterocycles. The molecule has 0 rings (SSSR count). The molecule has 0 fully saturated rings. The van der Waals surface area contributed by atoms with Crippen LogP contribution in [0.3, 0.4) is 0 Å². The lowest BCUT2D eigenvalue weighted by Crippen LogP contribution is -1.79. The molecule has 0 aliphatic heterocycles. The Morgan fingerprint density at radius 1 is 1.45 bits per heavy atom. The highest BCUT2D eigenvalue weighted by Gasteiger charge is 1.85. The molecule has 1 heteroatoms. The average Bonchev–Trinajstić information content (AvgIpc) is 2.01. The van der Waals surface area contributed by atoms with E-state index < -0.39 is 0 Å². The van der Waals surface area contributed by atoms with E-state index in [0.29, 0.717) is 0 Å². The van der Waals surface area contributed by atoms with Crippen LogP contribution < -0.4 is 5.73 Å². The largest absolute Gasteiger partial charge is 0.405 e. The predicted molar refractivity (Wildman–Crippen MR) is 51.1 cm³/mol. The van der Waals surface area contributed by atoms with Crippen LogP contribution in [0.5, 0.6) is 0 Å². The molecule has 0 saturated carbocycles. The molecule has 0 amide bonds. The van der Waals surface area contributed by atoms with Gasteiger partial charge >= 0.3 is 0 Å². The topological polar surface area (TPSA) is 26.0 Å². The van der Waals surface area contributed by atoms with Gasteiger partial charge in [0.2, 0.25) is 0 Å². The third-order valence-corrected chi connectivity index (χ3v) is 1.34. The zero-order chi connectivity index (χ0) is 8.53. The van der Waals surface area contributed by atoms with Gasteiger partial charge in [-0.15, -0.1) is 0 Å². The second kappa shape index (κ2) is 7.13. The average molecular weight is 151 g/mol. The Bertz CT molecular complexity index is 164. The fourth-order valence-electron chi connectivity index (χ4n) is 0.900. The van der Waals surface area contributed by atoms with Crippen molar-refractivity contribution in [1.82, 2.24) is 0 Å². The fraction of sp³-hybridized carbons (Fsp3) is 0.400. The van der Waals surface area contributed by atoms with E-state index in [4.69, 9.17) is 5.73 Å². The molecule has 0 aromatic carbocycles. The maximum atomic E-state index is 5.24. The van der Waals surface area contributed by atoms with Crippen molar-refractivity contribution < 1.29 is 0 Å². The molecule has 0 bridgehead atoms. The number of rotatable bonds is 4. The lowest BCUT2D eigenvalue weighted by atomic mass is 10.1. The quantitative estimate of drug-likeness (QED) is 0.614. The Kier molecular flexibility index (Phi) is 6.50. The molecule has 0 aliphatic carbocycles. The van der Waals surface area contributed by atoms with E-state index >= 15 is 0 Å². The summed E-state index contributed by atoms with van der Waals surface area (Å²) in [5.41, 5.74) is 6.57. The van der Waals surface area contributed by atoms with Crippen LogP contribution in [0.15, 0.2) is 36.1 Å². The Labute approximate surface area is 69.3 Å². The minimum absolute atomic E-state index is 0.939. The summed E-state index contributed by atoms with van der Waals surface area (Å²) in [5, 5.41) is 0. The summed E-state index contributed by atoms with van der Waals surface area (Å²) in [6, 6.07) is 0. The van der Waals surface area contributed by atoms with Gasteiger partial charge in [-0.05, 0) is 31.5 Å². The van der Waals surface area contributed by atoms with Gasteiger partial charge in [-0.3, -0.25) is 0 Å². The minimum Gasteiger partial charge on any atom is -0.405 e. The second-order valence-corrected chi connectivity index (χ2v) is 2.32. The summed E-state index contributed by atoms with van der Waals surface area (Å²) in [4.78, 5) is 0. The monoisotopic (exact) mass is 151 g/mol. The molecule has 11 heavy (non-hydrogen) atoms. The molecule has 0 aromatic rings. The fourth-order valence-corrected chi connectivity index (χ4v) is 0.900. The molecular formula is C10H17N. The van der Waals surface area contributed by atoms with Gasteiger partial charge in [0.15, 0.2) is 0 Å². The van der Waals surface area contributed by atoms with Crippen molar-refractivity contribution >= 4 is 0 Å². The van der Waals surface area contributed by atoms with Crippen molar-refractivity contribution in [2.45, 2.75) is 26.7 Å². The van der Waals surface area contributed by atoms with Crippen molar-refractivity contribution in [2.75, 3.05) is 0 Å². The maximum absolute atomic E-state index is 5.24.